The number of hydrogen-bond acceptors (Lipinski definition) is 5. The van der Waals surface area contributed by atoms with Crippen LogP contribution in [0, 0.1) is 6.92 Å². The third-order valence-electron chi connectivity index (χ3n) is 5.57. The molecule has 6 nitrogen and oxygen atoms in total. The molecule has 1 N–H and O–H groups in total. The van der Waals surface area contributed by atoms with Crippen LogP contribution in [0.15, 0.2) is 27.4 Å². The van der Waals surface area contributed by atoms with Crippen LogP contribution in [-0.4, -0.2) is 43.1 Å². The molecular weight excluding hydrogens is 392 g/mol. The van der Waals surface area contributed by atoms with Crippen molar-refractivity contribution in [2.75, 3.05) is 20.1 Å². The van der Waals surface area contributed by atoms with E-state index in [4.69, 9.17) is 9.15 Å². The van der Waals surface area contributed by atoms with E-state index in [0.717, 1.165) is 55.3 Å². The van der Waals surface area contributed by atoms with Gasteiger partial charge in [-0.15, -0.1) is 12.4 Å². The average molecular weight is 423 g/mol. The number of nitrogens with one attached hydrogen (secondary N) is 1. The van der Waals surface area contributed by atoms with Gasteiger partial charge in [0.1, 0.15) is 11.3 Å². The SMILES string of the molecule is CCCc1cc(=O)oc2c(C)c(OC(C)C(=O)N(C)C3CCNCC3)ccc12.Cl. The van der Waals surface area contributed by atoms with Crippen molar-refractivity contribution in [3.63, 3.8) is 0 Å². The molecule has 2 aromatic rings. The van der Waals surface area contributed by atoms with Gasteiger partial charge >= 0.3 is 5.63 Å². The maximum Gasteiger partial charge on any atom is 0.336 e. The van der Waals surface area contributed by atoms with Crippen molar-refractivity contribution in [1.29, 1.82) is 0 Å². The summed E-state index contributed by atoms with van der Waals surface area (Å²) in [6.07, 6.45) is 3.06. The molecule has 0 spiro atoms. The van der Waals surface area contributed by atoms with E-state index >= 15 is 0 Å². The smallest absolute Gasteiger partial charge is 0.336 e. The number of rotatable bonds is 6. The molecule has 3 rings (SSSR count). The van der Waals surface area contributed by atoms with E-state index in [1.807, 2.05) is 26.1 Å². The lowest BCUT2D eigenvalue weighted by atomic mass is 10.0. The highest BCUT2D eigenvalue weighted by Gasteiger charge is 2.27. The molecule has 1 aromatic heterocycles. The van der Waals surface area contributed by atoms with Crippen LogP contribution in [0.2, 0.25) is 0 Å². The minimum Gasteiger partial charge on any atom is -0.480 e. The molecule has 1 aliphatic rings. The largest absolute Gasteiger partial charge is 0.480 e. The van der Waals surface area contributed by atoms with E-state index in [-0.39, 0.29) is 30.0 Å². The van der Waals surface area contributed by atoms with E-state index in [0.29, 0.717) is 11.3 Å². The number of likely N-dealkylation sites (N-methyl/N-ethyl adjacent to an activating group) is 1. The van der Waals surface area contributed by atoms with E-state index in [2.05, 4.69) is 12.2 Å². The molecule has 0 radical (unpaired) electrons. The first-order valence-electron chi connectivity index (χ1n) is 10.1. The van der Waals surface area contributed by atoms with Crippen LogP contribution in [-0.2, 0) is 11.2 Å². The van der Waals surface area contributed by atoms with Crippen LogP contribution >= 0.6 is 12.4 Å². The zero-order valence-corrected chi connectivity index (χ0v) is 18.4. The summed E-state index contributed by atoms with van der Waals surface area (Å²) in [5.74, 6) is 0.538. The highest BCUT2D eigenvalue weighted by molar-refractivity contribution is 5.86. The minimum absolute atomic E-state index is 0. The predicted octanol–water partition coefficient (Wildman–Crippen LogP) is 3.45. The molecule has 0 bridgehead atoms. The summed E-state index contributed by atoms with van der Waals surface area (Å²) >= 11 is 0. The summed E-state index contributed by atoms with van der Waals surface area (Å²) in [6.45, 7) is 7.58. The third kappa shape index (κ3) is 5.11. The molecule has 1 fully saturated rings. The normalized spacial score (nSPS) is 15.6. The number of halogens is 1. The molecule has 1 aliphatic heterocycles. The fraction of sp³-hybridized carbons (Fsp3) is 0.545. The maximum absolute atomic E-state index is 12.8. The molecule has 1 atom stereocenters. The second kappa shape index (κ2) is 10.1. The molecule has 160 valence electrons. The molecule has 29 heavy (non-hydrogen) atoms. The number of amides is 1. The summed E-state index contributed by atoms with van der Waals surface area (Å²) in [6, 6.07) is 5.59. The Bertz CT molecular complexity index is 906. The van der Waals surface area contributed by atoms with Crippen molar-refractivity contribution in [3.8, 4) is 5.75 Å². The van der Waals surface area contributed by atoms with Gasteiger partial charge in [0.2, 0.25) is 0 Å². The van der Waals surface area contributed by atoms with Crippen LogP contribution in [0.25, 0.3) is 11.0 Å². The number of carbonyl (C=O) groups excluding carboxylic acids is 1. The average Bonchev–Trinajstić information content (AvgIpc) is 2.70. The number of nitrogens with zero attached hydrogens (tertiary/aromatic N) is 1. The van der Waals surface area contributed by atoms with Crippen molar-refractivity contribution in [1.82, 2.24) is 10.2 Å². The van der Waals surface area contributed by atoms with E-state index in [9.17, 15) is 9.59 Å². The quantitative estimate of drug-likeness (QED) is 0.722. The Kier molecular flexibility index (Phi) is 8.11. The van der Waals surface area contributed by atoms with Gasteiger partial charge < -0.3 is 19.4 Å². The Labute approximate surface area is 178 Å². The predicted molar refractivity (Wildman–Crippen MR) is 117 cm³/mol. The van der Waals surface area contributed by atoms with Gasteiger partial charge in [-0.25, -0.2) is 4.79 Å². The van der Waals surface area contributed by atoms with Crippen LogP contribution in [0.3, 0.4) is 0 Å². The fourth-order valence-corrected chi connectivity index (χ4v) is 3.91. The molecule has 1 saturated heterocycles. The van der Waals surface area contributed by atoms with Gasteiger partial charge in [-0.05, 0) is 63.9 Å². The Morgan fingerprint density at radius 1 is 1.34 bits per heavy atom. The number of hydrogen-bond donors (Lipinski definition) is 1. The van der Waals surface area contributed by atoms with Gasteiger partial charge in [-0.3, -0.25) is 4.79 Å². The van der Waals surface area contributed by atoms with Gasteiger partial charge in [0.05, 0.1) is 0 Å². The molecular formula is C22H31ClN2O4. The van der Waals surface area contributed by atoms with Gasteiger partial charge in [-0.1, -0.05) is 13.3 Å². The molecule has 2 heterocycles. The zero-order chi connectivity index (χ0) is 20.3. The molecule has 7 heteroatoms. The Morgan fingerprint density at radius 3 is 2.69 bits per heavy atom. The van der Waals surface area contributed by atoms with Gasteiger partial charge in [-0.2, -0.15) is 0 Å². The third-order valence-corrected chi connectivity index (χ3v) is 5.57. The molecule has 0 saturated carbocycles. The van der Waals surface area contributed by atoms with Gasteiger partial charge in [0, 0.05) is 30.1 Å². The van der Waals surface area contributed by atoms with E-state index in [1.165, 1.54) is 0 Å². The summed E-state index contributed by atoms with van der Waals surface area (Å²) < 4.78 is 11.5. The highest BCUT2D eigenvalue weighted by atomic mass is 35.5. The molecule has 1 aromatic carbocycles. The molecule has 1 unspecified atom stereocenters. The second-order valence-electron chi connectivity index (χ2n) is 7.60. The van der Waals surface area contributed by atoms with E-state index in [1.54, 1.807) is 17.9 Å². The lowest BCUT2D eigenvalue weighted by Crippen LogP contribution is -2.48. The van der Waals surface area contributed by atoms with Crippen LogP contribution in [0.4, 0.5) is 0 Å². The first-order chi connectivity index (χ1) is 13.4. The lowest BCUT2D eigenvalue weighted by Gasteiger charge is -2.33. The number of ether oxygens (including phenoxy) is 1. The van der Waals surface area contributed by atoms with E-state index < -0.39 is 6.10 Å². The topological polar surface area (TPSA) is 71.8 Å². The minimum atomic E-state index is -0.610. The fourth-order valence-electron chi connectivity index (χ4n) is 3.91. The van der Waals surface area contributed by atoms with Gasteiger partial charge in [0.15, 0.2) is 6.10 Å². The number of piperidine rings is 1. The van der Waals surface area contributed by atoms with Crippen molar-refractivity contribution in [2.24, 2.45) is 0 Å². The second-order valence-corrected chi connectivity index (χ2v) is 7.60. The number of benzene rings is 1. The lowest BCUT2D eigenvalue weighted by molar-refractivity contribution is -0.139. The van der Waals surface area contributed by atoms with Crippen LogP contribution in [0.5, 0.6) is 5.75 Å². The first-order valence-corrected chi connectivity index (χ1v) is 10.1. The Balaban J connectivity index is 0.00000300. The molecule has 1 amide bonds. The Morgan fingerprint density at radius 2 is 2.03 bits per heavy atom. The Hall–Kier alpha value is -2.05. The van der Waals surface area contributed by atoms with Crippen LogP contribution < -0.4 is 15.7 Å². The first kappa shape index (κ1) is 23.2. The summed E-state index contributed by atoms with van der Waals surface area (Å²) in [4.78, 5) is 26.6. The zero-order valence-electron chi connectivity index (χ0n) is 17.6. The summed E-state index contributed by atoms with van der Waals surface area (Å²) in [5.41, 5.74) is 1.92. The monoisotopic (exact) mass is 422 g/mol. The summed E-state index contributed by atoms with van der Waals surface area (Å²) in [5, 5.41) is 4.24. The van der Waals surface area contributed by atoms with Crippen LogP contribution in [0.1, 0.15) is 44.2 Å². The van der Waals surface area contributed by atoms with Crippen molar-refractivity contribution < 1.29 is 13.9 Å². The summed E-state index contributed by atoms with van der Waals surface area (Å²) in [7, 11) is 1.85. The van der Waals surface area contributed by atoms with Crippen molar-refractivity contribution in [2.45, 2.75) is 58.6 Å². The standard InChI is InChI=1S/C22H30N2O4.ClH/c1-5-6-16-13-20(25)28-21-14(2)19(8-7-18(16)21)27-15(3)22(26)24(4)17-9-11-23-12-10-17;/h7-8,13,15,17,23H,5-6,9-12H2,1-4H3;1H. The van der Waals surface area contributed by atoms with Crippen molar-refractivity contribution in [3.05, 3.63) is 39.7 Å². The highest BCUT2D eigenvalue weighted by Crippen LogP contribution is 2.30. The molecule has 0 aliphatic carbocycles. The number of aryl methyl sites for hydroxylation is 2. The van der Waals surface area contributed by atoms with Crippen molar-refractivity contribution >= 4 is 29.3 Å². The number of fused-ring (bicyclic) bond motifs is 1. The van der Waals surface area contributed by atoms with Gasteiger partial charge in [0.25, 0.3) is 5.91 Å². The number of carbonyl (C=O) groups is 1. The maximum atomic E-state index is 12.8.